The van der Waals surface area contributed by atoms with Crippen LogP contribution in [0.25, 0.3) is 0 Å². The molecule has 1 saturated heterocycles. The number of piperidine rings is 1. The minimum atomic E-state index is -0.785. The zero-order valence-corrected chi connectivity index (χ0v) is 26.5. The Kier molecular flexibility index (Phi) is 12.4. The number of rotatable bonds is 10. The maximum atomic E-state index is 13.8. The monoisotopic (exact) mass is 582 g/mol. The van der Waals surface area contributed by atoms with Crippen molar-refractivity contribution in [1.29, 1.82) is 0 Å². The summed E-state index contributed by atoms with van der Waals surface area (Å²) in [4.78, 5) is 13.0. The third-order valence-corrected chi connectivity index (χ3v) is 10.1. The van der Waals surface area contributed by atoms with Crippen LogP contribution in [0.3, 0.4) is 0 Å². The second-order valence-electron chi connectivity index (χ2n) is 13.4. The Balaban J connectivity index is 0.000000392. The zero-order valence-electron chi connectivity index (χ0n) is 26.5. The quantitative estimate of drug-likeness (QED) is 0.309. The van der Waals surface area contributed by atoms with Crippen molar-refractivity contribution in [1.82, 2.24) is 20.0 Å². The molecule has 1 aromatic heterocycles. The number of hydrogen-bond acceptors (Lipinski definition) is 4. The molecule has 2 aromatic rings. The minimum Gasteiger partial charge on any atom is -0.480 e. The fourth-order valence-corrected chi connectivity index (χ4v) is 7.77. The maximum absolute atomic E-state index is 13.8. The number of aliphatic carboxylic acids is 1. The van der Waals surface area contributed by atoms with Gasteiger partial charge >= 0.3 is 5.97 Å². The number of carboxylic acid groups (broad SMARTS) is 1. The molecule has 42 heavy (non-hydrogen) atoms. The number of benzene rings is 1. The van der Waals surface area contributed by atoms with Crippen molar-refractivity contribution >= 4 is 5.97 Å². The van der Waals surface area contributed by atoms with E-state index < -0.39 is 12.0 Å². The first-order chi connectivity index (χ1) is 20.3. The molecule has 3 atom stereocenters. The number of nitrogens with zero attached hydrogens (tertiary/aromatic N) is 3. The van der Waals surface area contributed by atoms with Gasteiger partial charge in [-0.2, -0.15) is 5.10 Å². The molecule has 0 amide bonds. The van der Waals surface area contributed by atoms with Crippen LogP contribution < -0.4 is 5.32 Å². The summed E-state index contributed by atoms with van der Waals surface area (Å²) in [6, 6.07) is 9.39. The van der Waals surface area contributed by atoms with Gasteiger partial charge < -0.3 is 15.3 Å². The molecule has 1 aromatic carbocycles. The molecule has 5 rings (SSSR count). The van der Waals surface area contributed by atoms with E-state index in [-0.39, 0.29) is 11.7 Å². The van der Waals surface area contributed by atoms with E-state index in [0.717, 1.165) is 12.5 Å². The molecule has 0 radical (unpaired) electrons. The third kappa shape index (κ3) is 8.89. The molecule has 3 fully saturated rings. The highest BCUT2D eigenvalue weighted by molar-refractivity contribution is 5.73. The number of halogens is 1. The van der Waals surface area contributed by atoms with E-state index in [9.17, 15) is 9.18 Å². The molecule has 2 saturated carbocycles. The summed E-state index contributed by atoms with van der Waals surface area (Å²) < 4.78 is 16.1. The maximum Gasteiger partial charge on any atom is 0.320 e. The van der Waals surface area contributed by atoms with Crippen LogP contribution in [-0.2, 0) is 17.8 Å². The zero-order chi connectivity index (χ0) is 30.1. The minimum absolute atomic E-state index is 0.0886. The number of nitrogens with one attached hydrogen (secondary N) is 1. The van der Waals surface area contributed by atoms with Crippen LogP contribution in [0.4, 0.5) is 4.39 Å². The SMILES string of the molecule is CCn1nc(CC2CCCCC2)cc1C1CCN(CC2CCC[C@@H]2c2cccc(F)c2)CC1.CNC(C(=O)O)C(C)C. The molecule has 2 aliphatic carbocycles. The van der Waals surface area contributed by atoms with Gasteiger partial charge in [0.1, 0.15) is 11.9 Å². The lowest BCUT2D eigenvalue weighted by Crippen LogP contribution is -2.38. The average molecular weight is 583 g/mol. The Morgan fingerprint density at radius 1 is 1.05 bits per heavy atom. The molecule has 3 aliphatic rings. The first kappa shape index (κ1) is 32.7. The van der Waals surface area contributed by atoms with Gasteiger partial charge in [0.25, 0.3) is 0 Å². The van der Waals surface area contributed by atoms with E-state index in [1.54, 1.807) is 19.2 Å². The number of likely N-dealkylation sites (N-methyl/N-ethyl adjacent to an activating group) is 1. The summed E-state index contributed by atoms with van der Waals surface area (Å²) in [5.74, 6) is 1.98. The predicted molar refractivity (Wildman–Crippen MR) is 168 cm³/mol. The number of likely N-dealkylation sites (tertiary alicyclic amines) is 1. The number of carboxylic acids is 1. The van der Waals surface area contributed by atoms with Crippen LogP contribution in [0.2, 0.25) is 0 Å². The van der Waals surface area contributed by atoms with E-state index in [1.165, 1.54) is 107 Å². The molecule has 2 N–H and O–H groups in total. The van der Waals surface area contributed by atoms with Gasteiger partial charge in [-0.1, -0.05) is 64.5 Å². The lowest BCUT2D eigenvalue weighted by atomic mass is 9.85. The largest absolute Gasteiger partial charge is 0.480 e. The molecule has 2 unspecified atom stereocenters. The summed E-state index contributed by atoms with van der Waals surface area (Å²) >= 11 is 0. The van der Waals surface area contributed by atoms with Crippen molar-refractivity contribution in [3.05, 3.63) is 53.1 Å². The number of hydrogen-bond donors (Lipinski definition) is 2. The van der Waals surface area contributed by atoms with Crippen LogP contribution >= 0.6 is 0 Å². The Morgan fingerprint density at radius 2 is 1.79 bits per heavy atom. The fraction of sp³-hybridized carbons (Fsp3) is 0.714. The molecule has 0 bridgehead atoms. The smallest absolute Gasteiger partial charge is 0.320 e. The first-order valence-corrected chi connectivity index (χ1v) is 16.7. The van der Waals surface area contributed by atoms with Crippen molar-refractivity contribution in [2.45, 2.75) is 116 Å². The van der Waals surface area contributed by atoms with E-state index >= 15 is 0 Å². The van der Waals surface area contributed by atoms with E-state index in [4.69, 9.17) is 10.2 Å². The van der Waals surface area contributed by atoms with Gasteiger partial charge in [-0.05, 0) is 107 Å². The predicted octanol–water partition coefficient (Wildman–Crippen LogP) is 7.24. The first-order valence-electron chi connectivity index (χ1n) is 16.7. The van der Waals surface area contributed by atoms with Gasteiger partial charge in [-0.3, -0.25) is 9.48 Å². The normalized spacial score (nSPS) is 23.1. The summed E-state index contributed by atoms with van der Waals surface area (Å²) in [7, 11) is 1.65. The Hall–Kier alpha value is -2.25. The van der Waals surface area contributed by atoms with Gasteiger partial charge in [0, 0.05) is 24.7 Å². The molecule has 2 heterocycles. The summed E-state index contributed by atoms with van der Waals surface area (Å²) in [6.07, 6.45) is 14.5. The highest BCUT2D eigenvalue weighted by Crippen LogP contribution is 2.41. The van der Waals surface area contributed by atoms with E-state index in [0.29, 0.717) is 17.8 Å². The molecular formula is C35H55FN4O2. The lowest BCUT2D eigenvalue weighted by Gasteiger charge is -2.35. The number of aryl methyl sites for hydroxylation is 1. The third-order valence-electron chi connectivity index (χ3n) is 10.1. The van der Waals surface area contributed by atoms with Crippen LogP contribution in [0.15, 0.2) is 30.3 Å². The van der Waals surface area contributed by atoms with Gasteiger partial charge in [-0.15, -0.1) is 0 Å². The molecule has 1 aliphatic heterocycles. The van der Waals surface area contributed by atoms with E-state index in [1.807, 2.05) is 19.9 Å². The van der Waals surface area contributed by atoms with Crippen molar-refractivity contribution < 1.29 is 14.3 Å². The van der Waals surface area contributed by atoms with Crippen molar-refractivity contribution in [3.8, 4) is 0 Å². The Labute approximate surface area is 253 Å². The van der Waals surface area contributed by atoms with E-state index in [2.05, 4.69) is 34.0 Å². The highest BCUT2D eigenvalue weighted by atomic mass is 19.1. The van der Waals surface area contributed by atoms with Gasteiger partial charge in [0.05, 0.1) is 5.69 Å². The van der Waals surface area contributed by atoms with Crippen molar-refractivity contribution in [2.24, 2.45) is 17.8 Å². The fourth-order valence-electron chi connectivity index (χ4n) is 7.77. The highest BCUT2D eigenvalue weighted by Gasteiger charge is 2.32. The molecular weight excluding hydrogens is 527 g/mol. The van der Waals surface area contributed by atoms with Crippen molar-refractivity contribution in [2.75, 3.05) is 26.7 Å². The second-order valence-corrected chi connectivity index (χ2v) is 13.4. The standard InChI is InChI=1S/C29H42FN3.C6H13NO2/c1-2-33-29(20-27(31-33)18-22-8-4-3-5-9-22)23-14-16-32(17-15-23)21-25-11-7-13-28(25)24-10-6-12-26(30)19-24;1-4(2)5(7-3)6(8)9/h6,10,12,19-20,22-23,25,28H,2-5,7-9,11,13-18,21H2,1H3;4-5,7H,1-3H3,(H,8,9)/t25?,28-;/m1./s1. The molecule has 7 heteroatoms. The van der Waals surface area contributed by atoms with Crippen LogP contribution in [0.5, 0.6) is 0 Å². The van der Waals surface area contributed by atoms with Gasteiger partial charge in [0.2, 0.25) is 0 Å². The van der Waals surface area contributed by atoms with Crippen LogP contribution in [-0.4, -0.2) is 58.5 Å². The number of aromatic nitrogens is 2. The van der Waals surface area contributed by atoms with Crippen LogP contribution in [0, 0.1) is 23.6 Å². The molecule has 234 valence electrons. The van der Waals surface area contributed by atoms with Gasteiger partial charge in [-0.25, -0.2) is 4.39 Å². The average Bonchev–Trinajstić information content (AvgIpc) is 3.61. The topological polar surface area (TPSA) is 70.4 Å². The van der Waals surface area contributed by atoms with Crippen LogP contribution in [0.1, 0.15) is 114 Å². The summed E-state index contributed by atoms with van der Waals surface area (Å²) in [5, 5.41) is 16.2. The summed E-state index contributed by atoms with van der Waals surface area (Å²) in [5.41, 5.74) is 4.04. The molecule has 0 spiro atoms. The number of carbonyl (C=O) groups is 1. The second kappa shape index (κ2) is 16.0. The summed E-state index contributed by atoms with van der Waals surface area (Å²) in [6.45, 7) is 10.5. The van der Waals surface area contributed by atoms with Crippen molar-refractivity contribution in [3.63, 3.8) is 0 Å². The van der Waals surface area contributed by atoms with Gasteiger partial charge in [0.15, 0.2) is 0 Å². The Morgan fingerprint density at radius 3 is 2.38 bits per heavy atom. The Bertz CT molecular complexity index is 1100. The lowest BCUT2D eigenvalue weighted by molar-refractivity contribution is -0.140. The molecule has 6 nitrogen and oxygen atoms in total.